The Morgan fingerprint density at radius 1 is 0.914 bits per heavy atom. The topological polar surface area (TPSA) is 228 Å². The molecule has 2 aliphatic heterocycles. The number of urea groups is 1. The summed E-state index contributed by atoms with van der Waals surface area (Å²) in [6.07, 6.45) is 6.20. The van der Waals surface area contributed by atoms with Crippen LogP contribution in [0.3, 0.4) is 0 Å². The molecule has 3 rings (SSSR count). The summed E-state index contributed by atoms with van der Waals surface area (Å²) in [7, 11) is -4.70. The van der Waals surface area contributed by atoms with Crippen molar-refractivity contribution in [2.24, 2.45) is 4.99 Å². The lowest BCUT2D eigenvalue weighted by atomic mass is 9.82. The first kappa shape index (κ1) is 48.8. The van der Waals surface area contributed by atoms with Gasteiger partial charge in [-0.3, -0.25) is 10.6 Å². The molecule has 19 nitrogen and oxygen atoms in total. The average molecular weight is 845 g/mol. The third-order valence-electron chi connectivity index (χ3n) is 9.50. The highest BCUT2D eigenvalue weighted by atomic mass is 32.3. The number of unbranched alkanes of at least 4 members (excludes halogenated alkanes) is 3. The van der Waals surface area contributed by atoms with E-state index in [-0.39, 0.29) is 37.3 Å². The number of ether oxygens (including phenoxy) is 2. The van der Waals surface area contributed by atoms with Crippen molar-refractivity contribution in [1.82, 2.24) is 35.9 Å². The summed E-state index contributed by atoms with van der Waals surface area (Å²) >= 11 is 0. The highest BCUT2D eigenvalue weighted by Gasteiger charge is 2.50. The summed E-state index contributed by atoms with van der Waals surface area (Å²) in [6, 6.07) is -1.89. The number of nitrogens with zero attached hydrogens (tertiary/aromatic N) is 6. The van der Waals surface area contributed by atoms with Gasteiger partial charge in [0.2, 0.25) is 17.7 Å². The monoisotopic (exact) mass is 844 g/mol. The Morgan fingerprint density at radius 3 is 2.03 bits per heavy atom. The number of alkyl carbamates (subject to hydrolysis) is 2. The summed E-state index contributed by atoms with van der Waals surface area (Å²) in [5.74, 6) is -0.148. The number of carbonyl (C=O) groups excluding carboxylic acids is 3. The third kappa shape index (κ3) is 15.2. The molecule has 0 aromatic carbocycles. The fourth-order valence-corrected chi connectivity index (χ4v) is 7.81. The van der Waals surface area contributed by atoms with Gasteiger partial charge in [-0.15, -0.1) is 14.5 Å². The number of hydrogen-bond donors (Lipinski definition) is 3. The second-order valence-electron chi connectivity index (χ2n) is 17.0. The zero-order chi connectivity index (χ0) is 43.3. The smallest absolute Gasteiger partial charge is 0.437 e. The Balaban J connectivity index is 1.70. The van der Waals surface area contributed by atoms with Gasteiger partial charge < -0.3 is 23.9 Å². The van der Waals surface area contributed by atoms with Gasteiger partial charge in [-0.25, -0.2) is 19.4 Å². The maximum Gasteiger partial charge on any atom is 0.437 e. The van der Waals surface area contributed by atoms with Gasteiger partial charge in [0.1, 0.15) is 17.2 Å². The Bertz CT molecular complexity index is 1590. The fraction of sp³-hybridized carbons (Fsp3) is 0.842. The zero-order valence-electron chi connectivity index (χ0n) is 36.2. The van der Waals surface area contributed by atoms with E-state index in [1.807, 2.05) is 6.92 Å². The van der Waals surface area contributed by atoms with Gasteiger partial charge in [0.25, 0.3) is 0 Å². The minimum absolute atomic E-state index is 0.0474. The highest BCUT2D eigenvalue weighted by molar-refractivity contribution is 7.81. The number of rotatable bonds is 21. The van der Waals surface area contributed by atoms with Crippen LogP contribution in [-0.4, -0.2) is 111 Å². The van der Waals surface area contributed by atoms with Gasteiger partial charge in [0, 0.05) is 18.6 Å². The number of guanidine groups is 1. The number of hydrogen-bond acceptors (Lipinski definition) is 15. The molecule has 2 saturated heterocycles. The Kier molecular flexibility index (Phi) is 18.2. The number of aromatic nitrogens is 2. The number of amides is 4. The van der Waals surface area contributed by atoms with Gasteiger partial charge in [0.05, 0.1) is 25.1 Å². The average Bonchev–Trinajstić information content (AvgIpc) is 3.66. The van der Waals surface area contributed by atoms with Crippen molar-refractivity contribution in [3.8, 4) is 0 Å². The molecule has 332 valence electrons. The number of hydroxylamine groups is 4. The predicted octanol–water partition coefficient (Wildman–Crippen LogP) is 6.45. The van der Waals surface area contributed by atoms with Crippen LogP contribution in [0.25, 0.3) is 0 Å². The SMILES string of the molecule is CCCCN(OS(=O)(=O)ON1C(=O)N2C[C@@H]1CC[C@H]2c1nnc(CC(O)CN=C(NC(=O)OC(C)(C)C)NC(=O)OC(C)(C)C)o1)C(CCC)(CCCC)CCCC. The molecule has 0 saturated carbocycles. The lowest BCUT2D eigenvalue weighted by Gasteiger charge is -2.43. The molecule has 0 aliphatic carbocycles. The summed E-state index contributed by atoms with van der Waals surface area (Å²) in [5.41, 5.74) is -2.14. The minimum atomic E-state index is -4.70. The molecule has 3 N–H and O–H groups in total. The molecule has 1 aromatic heterocycles. The van der Waals surface area contributed by atoms with Gasteiger partial charge in [-0.1, -0.05) is 66.2 Å². The second kappa shape index (κ2) is 21.6. The van der Waals surface area contributed by atoms with Crippen LogP contribution in [0.1, 0.15) is 164 Å². The normalized spacial score (nSPS) is 18.0. The Hall–Kier alpha value is -3.59. The van der Waals surface area contributed by atoms with Gasteiger partial charge >= 0.3 is 28.6 Å². The second-order valence-corrected chi connectivity index (χ2v) is 18.2. The number of aliphatic imine (C=N–C) groups is 1. The first-order chi connectivity index (χ1) is 27.1. The molecule has 0 radical (unpaired) electrons. The Labute approximate surface area is 344 Å². The van der Waals surface area contributed by atoms with E-state index in [9.17, 15) is 27.9 Å². The van der Waals surface area contributed by atoms with E-state index in [1.54, 1.807) is 46.6 Å². The molecule has 3 heterocycles. The first-order valence-electron chi connectivity index (χ1n) is 20.7. The number of fused-ring (bicyclic) bond motifs is 2. The van der Waals surface area contributed by atoms with Crippen LogP contribution in [0.5, 0.6) is 0 Å². The molecular formula is C38H68N8O11S. The highest BCUT2D eigenvalue weighted by Crippen LogP contribution is 2.39. The summed E-state index contributed by atoms with van der Waals surface area (Å²) in [6.45, 7) is 18.7. The summed E-state index contributed by atoms with van der Waals surface area (Å²) in [5, 5.41) is 26.2. The third-order valence-corrected chi connectivity index (χ3v) is 10.2. The van der Waals surface area contributed by atoms with Crippen LogP contribution in [0.15, 0.2) is 9.41 Å². The van der Waals surface area contributed by atoms with Crippen molar-refractivity contribution in [2.75, 3.05) is 19.6 Å². The van der Waals surface area contributed by atoms with Crippen molar-refractivity contribution in [3.63, 3.8) is 0 Å². The van der Waals surface area contributed by atoms with Crippen molar-refractivity contribution < 1.29 is 50.4 Å². The van der Waals surface area contributed by atoms with Crippen LogP contribution >= 0.6 is 0 Å². The van der Waals surface area contributed by atoms with E-state index in [0.29, 0.717) is 19.4 Å². The maximum absolute atomic E-state index is 13.7. The molecule has 2 bridgehead atoms. The van der Waals surface area contributed by atoms with Gasteiger partial charge in [0.15, 0.2) is 0 Å². The lowest BCUT2D eigenvalue weighted by Crippen LogP contribution is -2.51. The van der Waals surface area contributed by atoms with Gasteiger partial charge in [-0.2, -0.15) is 22.8 Å². The van der Waals surface area contributed by atoms with Crippen LogP contribution in [0.2, 0.25) is 0 Å². The van der Waals surface area contributed by atoms with E-state index in [0.717, 1.165) is 69.3 Å². The van der Waals surface area contributed by atoms with Crippen LogP contribution in [-0.2, 0) is 34.9 Å². The molecule has 1 unspecified atom stereocenters. The zero-order valence-corrected chi connectivity index (χ0v) is 37.0. The summed E-state index contributed by atoms with van der Waals surface area (Å²) < 4.78 is 54.9. The number of nitrogens with one attached hydrogen (secondary N) is 2. The van der Waals surface area contributed by atoms with Crippen LogP contribution < -0.4 is 10.6 Å². The molecule has 4 amide bonds. The fourth-order valence-electron chi connectivity index (χ4n) is 6.95. The predicted molar refractivity (Wildman–Crippen MR) is 214 cm³/mol. The molecular weight excluding hydrogens is 777 g/mol. The van der Waals surface area contributed by atoms with Crippen molar-refractivity contribution in [3.05, 3.63) is 11.8 Å². The molecule has 58 heavy (non-hydrogen) atoms. The number of carbonyl (C=O) groups is 3. The Morgan fingerprint density at radius 2 is 1.50 bits per heavy atom. The van der Waals surface area contributed by atoms with E-state index < -0.39 is 63.5 Å². The van der Waals surface area contributed by atoms with Crippen molar-refractivity contribution >= 4 is 34.6 Å². The van der Waals surface area contributed by atoms with Crippen molar-refractivity contribution in [1.29, 1.82) is 0 Å². The molecule has 1 aromatic rings. The van der Waals surface area contributed by atoms with Crippen LogP contribution in [0.4, 0.5) is 14.4 Å². The summed E-state index contributed by atoms with van der Waals surface area (Å²) in [4.78, 5) is 44.1. The molecule has 0 spiro atoms. The number of aliphatic hydroxyl groups is 1. The lowest BCUT2D eigenvalue weighted by molar-refractivity contribution is -0.172. The molecule has 2 fully saturated rings. The van der Waals surface area contributed by atoms with E-state index >= 15 is 0 Å². The molecule has 3 atom stereocenters. The minimum Gasteiger partial charge on any atom is -0.444 e. The van der Waals surface area contributed by atoms with E-state index in [2.05, 4.69) is 46.6 Å². The standard InChI is InChI=1S/C38H68N8O11S/c1-11-15-21-38(20-14-4,22-16-12-2)45(23-17-13-3)56-58(51,52)57-46-27-18-19-29(44(26-27)35(46)50)31-43-42-30(53-31)24-28(47)25-39-32(40-33(48)54-36(5,6)7)41-34(49)55-37(8,9)10/h27-29,47H,11-26H2,1-10H3,(H2,39,40,41,48,49)/t27-,28?,29-/m0/s1. The van der Waals surface area contributed by atoms with Gasteiger partial charge in [-0.05, 0) is 80.1 Å². The van der Waals surface area contributed by atoms with Crippen LogP contribution in [0, 0.1) is 0 Å². The van der Waals surface area contributed by atoms with E-state index in [1.165, 1.54) is 4.90 Å². The van der Waals surface area contributed by atoms with E-state index in [4.69, 9.17) is 22.5 Å². The molecule has 2 aliphatic rings. The molecule has 20 heteroatoms. The maximum atomic E-state index is 13.7. The quantitative estimate of drug-likeness (QED) is 0.0687. The first-order valence-corrected chi connectivity index (χ1v) is 22.0. The van der Waals surface area contributed by atoms with Crippen molar-refractivity contribution in [2.45, 2.75) is 188 Å². The number of aliphatic hydroxyl groups excluding tert-OH is 1. The number of piperidine rings is 1. The largest absolute Gasteiger partial charge is 0.444 e.